The summed E-state index contributed by atoms with van der Waals surface area (Å²) in [6.45, 7) is 8.34. The fourth-order valence-electron chi connectivity index (χ4n) is 5.76. The van der Waals surface area contributed by atoms with Crippen molar-refractivity contribution >= 4 is 5.91 Å². The molecule has 1 saturated carbocycles. The summed E-state index contributed by atoms with van der Waals surface area (Å²) in [7, 11) is 0. The average molecular weight is 377 g/mol. The number of hydrogen-bond acceptors (Lipinski definition) is 2. The van der Waals surface area contributed by atoms with Crippen LogP contribution in [0.4, 0.5) is 0 Å². The number of amides is 1. The van der Waals surface area contributed by atoms with Crippen LogP contribution < -0.4 is 5.32 Å². The Morgan fingerprint density at radius 3 is 2.14 bits per heavy atom. The third-order valence-electron chi connectivity index (χ3n) is 6.46. The lowest BCUT2D eigenvalue weighted by molar-refractivity contribution is -0.131. The van der Waals surface area contributed by atoms with E-state index in [9.17, 15) is 4.79 Å². The van der Waals surface area contributed by atoms with Gasteiger partial charge in [-0.1, -0.05) is 81.4 Å². The third kappa shape index (κ3) is 4.00. The second-order valence-corrected chi connectivity index (χ2v) is 9.87. The molecule has 1 N–H and O–H groups in total. The number of carbonyl (C=O) groups excluding carboxylic acids is 1. The molecule has 28 heavy (non-hydrogen) atoms. The highest BCUT2D eigenvalue weighted by molar-refractivity contribution is 5.79. The van der Waals surface area contributed by atoms with Gasteiger partial charge in [0.15, 0.2) is 0 Å². The van der Waals surface area contributed by atoms with E-state index in [1.54, 1.807) is 0 Å². The van der Waals surface area contributed by atoms with Gasteiger partial charge in [-0.3, -0.25) is 10.1 Å². The van der Waals surface area contributed by atoms with Crippen molar-refractivity contribution in [3.05, 3.63) is 71.8 Å². The molecule has 2 fully saturated rings. The molecular formula is C25H32N2O. The Morgan fingerprint density at radius 1 is 1.00 bits per heavy atom. The van der Waals surface area contributed by atoms with Crippen LogP contribution >= 0.6 is 0 Å². The van der Waals surface area contributed by atoms with Crippen molar-refractivity contribution in [1.29, 1.82) is 0 Å². The largest absolute Gasteiger partial charge is 0.338 e. The lowest BCUT2D eigenvalue weighted by Crippen LogP contribution is -2.43. The topological polar surface area (TPSA) is 32.3 Å². The van der Waals surface area contributed by atoms with Crippen molar-refractivity contribution in [2.24, 2.45) is 10.8 Å². The van der Waals surface area contributed by atoms with Crippen molar-refractivity contribution in [2.75, 3.05) is 13.1 Å². The van der Waals surface area contributed by atoms with Crippen LogP contribution in [0.2, 0.25) is 0 Å². The molecule has 1 heterocycles. The predicted molar refractivity (Wildman–Crippen MR) is 114 cm³/mol. The van der Waals surface area contributed by atoms with Crippen molar-refractivity contribution in [2.45, 2.75) is 52.1 Å². The zero-order valence-electron chi connectivity index (χ0n) is 17.3. The number of hydrogen-bond donors (Lipinski definition) is 1. The normalized spacial score (nSPS) is 25.9. The van der Waals surface area contributed by atoms with Crippen LogP contribution in [0.3, 0.4) is 0 Å². The van der Waals surface area contributed by atoms with Crippen molar-refractivity contribution in [1.82, 2.24) is 10.2 Å². The monoisotopic (exact) mass is 376 g/mol. The van der Waals surface area contributed by atoms with E-state index in [1.165, 1.54) is 17.5 Å². The lowest BCUT2D eigenvalue weighted by Gasteiger charge is -2.39. The number of likely N-dealkylation sites (tertiary alicyclic amines) is 1. The van der Waals surface area contributed by atoms with Gasteiger partial charge in [0.25, 0.3) is 0 Å². The highest BCUT2D eigenvalue weighted by Gasteiger charge is 2.50. The molecule has 0 radical (unpaired) electrons. The van der Waals surface area contributed by atoms with Crippen LogP contribution in [-0.2, 0) is 4.79 Å². The first kappa shape index (κ1) is 19.2. The van der Waals surface area contributed by atoms with Gasteiger partial charge in [-0.25, -0.2) is 0 Å². The number of benzene rings is 2. The molecule has 2 bridgehead atoms. The van der Waals surface area contributed by atoms with E-state index in [0.717, 1.165) is 19.4 Å². The minimum Gasteiger partial charge on any atom is -0.338 e. The molecule has 3 heteroatoms. The molecule has 148 valence electrons. The summed E-state index contributed by atoms with van der Waals surface area (Å²) in [4.78, 5) is 15.3. The van der Waals surface area contributed by atoms with Gasteiger partial charge in [0.1, 0.15) is 0 Å². The Bertz CT molecular complexity index is 777. The van der Waals surface area contributed by atoms with E-state index in [0.29, 0.717) is 18.0 Å². The molecule has 1 saturated heterocycles. The second kappa shape index (κ2) is 7.36. The van der Waals surface area contributed by atoms with E-state index in [-0.39, 0.29) is 17.4 Å². The van der Waals surface area contributed by atoms with Gasteiger partial charge in [0.05, 0.1) is 12.6 Å². The van der Waals surface area contributed by atoms with E-state index in [4.69, 9.17) is 0 Å². The molecule has 0 spiro atoms. The van der Waals surface area contributed by atoms with Gasteiger partial charge in [-0.15, -0.1) is 0 Å². The Hall–Kier alpha value is -2.13. The molecule has 2 aromatic rings. The Balaban J connectivity index is 1.48. The number of rotatable bonds is 5. The standard InChI is InChI=1S/C25H32N2O/c1-24(2)14-21-15-25(3,17-24)18-27(21)22(28)16-26-23(19-10-6-4-7-11-19)20-12-8-5-9-13-20/h4-13,21,23,26H,14-18H2,1-3H3/t21-,25-/m0/s1. The van der Waals surface area contributed by atoms with Gasteiger partial charge in [-0.2, -0.15) is 0 Å². The van der Waals surface area contributed by atoms with Crippen molar-refractivity contribution in [3.63, 3.8) is 0 Å². The minimum atomic E-state index is 0.0281. The summed E-state index contributed by atoms with van der Waals surface area (Å²) >= 11 is 0. The maximum absolute atomic E-state index is 13.2. The summed E-state index contributed by atoms with van der Waals surface area (Å²) in [6, 6.07) is 21.2. The predicted octanol–water partition coefficient (Wildman–Crippen LogP) is 4.79. The van der Waals surface area contributed by atoms with Crippen LogP contribution in [0.1, 0.15) is 57.2 Å². The first-order chi connectivity index (χ1) is 13.4. The van der Waals surface area contributed by atoms with E-state index in [1.807, 2.05) is 12.1 Å². The molecule has 0 aromatic heterocycles. The van der Waals surface area contributed by atoms with Crippen LogP contribution in [0.15, 0.2) is 60.7 Å². The van der Waals surface area contributed by atoms with E-state index in [2.05, 4.69) is 79.5 Å². The summed E-state index contributed by atoms with van der Waals surface area (Å²) < 4.78 is 0. The highest BCUT2D eigenvalue weighted by atomic mass is 16.2. The third-order valence-corrected chi connectivity index (χ3v) is 6.46. The molecule has 2 aliphatic rings. The SMILES string of the molecule is CC1(C)C[C@H]2C[C@](C)(CN2C(=O)CNC(c2ccccc2)c2ccccc2)C1. The smallest absolute Gasteiger partial charge is 0.236 e. The summed E-state index contributed by atoms with van der Waals surface area (Å²) in [5, 5.41) is 3.55. The molecule has 0 unspecified atom stereocenters. The van der Waals surface area contributed by atoms with Crippen LogP contribution in [0, 0.1) is 10.8 Å². The van der Waals surface area contributed by atoms with Crippen LogP contribution in [0.25, 0.3) is 0 Å². The second-order valence-electron chi connectivity index (χ2n) is 9.87. The number of nitrogens with one attached hydrogen (secondary N) is 1. The zero-order valence-corrected chi connectivity index (χ0v) is 17.3. The van der Waals surface area contributed by atoms with E-state index < -0.39 is 0 Å². The fraction of sp³-hybridized carbons (Fsp3) is 0.480. The summed E-state index contributed by atoms with van der Waals surface area (Å²) in [5.74, 6) is 0.239. The fourth-order valence-corrected chi connectivity index (χ4v) is 5.76. The van der Waals surface area contributed by atoms with Crippen molar-refractivity contribution in [3.8, 4) is 0 Å². The highest BCUT2D eigenvalue weighted by Crippen LogP contribution is 2.52. The molecule has 1 amide bonds. The molecule has 4 rings (SSSR count). The quantitative estimate of drug-likeness (QED) is 0.813. The van der Waals surface area contributed by atoms with Crippen LogP contribution in [0.5, 0.6) is 0 Å². The Labute approximate surface area is 169 Å². The zero-order chi connectivity index (χ0) is 19.8. The maximum Gasteiger partial charge on any atom is 0.236 e. The average Bonchev–Trinajstić information content (AvgIpc) is 2.92. The van der Waals surface area contributed by atoms with Gasteiger partial charge in [0.2, 0.25) is 5.91 Å². The first-order valence-corrected chi connectivity index (χ1v) is 10.5. The van der Waals surface area contributed by atoms with Gasteiger partial charge in [0, 0.05) is 12.6 Å². The maximum atomic E-state index is 13.2. The van der Waals surface area contributed by atoms with Gasteiger partial charge < -0.3 is 4.90 Å². The molecular weight excluding hydrogens is 344 g/mol. The molecule has 2 aromatic carbocycles. The summed E-state index contributed by atoms with van der Waals surface area (Å²) in [6.07, 6.45) is 3.49. The lowest BCUT2D eigenvalue weighted by atomic mass is 9.65. The summed E-state index contributed by atoms with van der Waals surface area (Å²) in [5.41, 5.74) is 2.99. The van der Waals surface area contributed by atoms with Gasteiger partial charge >= 0.3 is 0 Å². The molecule has 2 atom stereocenters. The van der Waals surface area contributed by atoms with Gasteiger partial charge in [-0.05, 0) is 41.2 Å². The minimum absolute atomic E-state index is 0.0281. The number of carbonyl (C=O) groups is 1. The molecule has 1 aliphatic heterocycles. The number of nitrogens with zero attached hydrogens (tertiary/aromatic N) is 1. The number of fused-ring (bicyclic) bond motifs is 2. The van der Waals surface area contributed by atoms with E-state index >= 15 is 0 Å². The first-order valence-electron chi connectivity index (χ1n) is 10.5. The van der Waals surface area contributed by atoms with Crippen LogP contribution in [-0.4, -0.2) is 29.9 Å². The molecule has 3 nitrogen and oxygen atoms in total. The van der Waals surface area contributed by atoms with Crippen molar-refractivity contribution < 1.29 is 4.79 Å². The molecule has 1 aliphatic carbocycles. The Morgan fingerprint density at radius 2 is 1.57 bits per heavy atom. The Kier molecular flexibility index (Phi) is 5.05.